The van der Waals surface area contributed by atoms with Gasteiger partial charge in [-0.2, -0.15) is 0 Å². The monoisotopic (exact) mass is 357 g/mol. The SMILES string of the molecule is CCNC(c1ccc(Br)cc1Cl)C1CCC(C)C(C)C1. The van der Waals surface area contributed by atoms with E-state index < -0.39 is 0 Å². The molecule has 0 heterocycles. The molecule has 0 bridgehead atoms. The van der Waals surface area contributed by atoms with Crippen LogP contribution in [-0.2, 0) is 0 Å². The first-order valence-corrected chi connectivity index (χ1v) is 8.88. The first-order chi connectivity index (χ1) is 9.52. The van der Waals surface area contributed by atoms with Gasteiger partial charge in [-0.3, -0.25) is 0 Å². The Hall–Kier alpha value is -0.0500. The fourth-order valence-corrected chi connectivity index (χ4v) is 4.19. The molecule has 2 rings (SSSR count). The molecule has 1 aromatic carbocycles. The molecule has 1 aromatic rings. The second kappa shape index (κ2) is 7.29. The Morgan fingerprint density at radius 1 is 1.30 bits per heavy atom. The Labute approximate surface area is 136 Å². The molecule has 1 fully saturated rings. The molecule has 4 atom stereocenters. The molecule has 1 N–H and O–H groups in total. The van der Waals surface area contributed by atoms with Crippen molar-refractivity contribution in [2.24, 2.45) is 17.8 Å². The van der Waals surface area contributed by atoms with Crippen LogP contribution < -0.4 is 5.32 Å². The van der Waals surface area contributed by atoms with Gasteiger partial charge in [-0.1, -0.05) is 60.8 Å². The largest absolute Gasteiger partial charge is 0.310 e. The van der Waals surface area contributed by atoms with Gasteiger partial charge in [0.05, 0.1) is 0 Å². The number of nitrogens with one attached hydrogen (secondary N) is 1. The summed E-state index contributed by atoms with van der Waals surface area (Å²) in [5.74, 6) is 2.36. The van der Waals surface area contributed by atoms with Crippen molar-refractivity contribution >= 4 is 27.5 Å². The van der Waals surface area contributed by atoms with Crippen LogP contribution in [0.25, 0.3) is 0 Å². The summed E-state index contributed by atoms with van der Waals surface area (Å²) in [6.45, 7) is 7.94. The highest BCUT2D eigenvalue weighted by Crippen LogP contribution is 2.41. The molecule has 1 aliphatic carbocycles. The van der Waals surface area contributed by atoms with Crippen LogP contribution in [0.2, 0.25) is 5.02 Å². The molecule has 0 amide bonds. The lowest BCUT2D eigenvalue weighted by Gasteiger charge is -2.37. The second-order valence-electron chi connectivity index (χ2n) is 6.23. The Bertz CT molecular complexity index is 449. The first kappa shape index (κ1) is 16.3. The first-order valence-electron chi connectivity index (χ1n) is 7.71. The molecule has 1 saturated carbocycles. The Balaban J connectivity index is 2.22. The molecule has 0 saturated heterocycles. The van der Waals surface area contributed by atoms with Gasteiger partial charge in [-0.25, -0.2) is 0 Å². The van der Waals surface area contributed by atoms with Crippen molar-refractivity contribution in [2.75, 3.05) is 6.54 Å². The van der Waals surface area contributed by atoms with Gasteiger partial charge >= 0.3 is 0 Å². The van der Waals surface area contributed by atoms with Gasteiger partial charge in [0.2, 0.25) is 0 Å². The summed E-state index contributed by atoms with van der Waals surface area (Å²) in [7, 11) is 0. The molecule has 0 aliphatic heterocycles. The minimum atomic E-state index is 0.385. The van der Waals surface area contributed by atoms with E-state index in [9.17, 15) is 0 Å². The zero-order valence-corrected chi connectivity index (χ0v) is 15.0. The highest BCUT2D eigenvalue weighted by molar-refractivity contribution is 9.10. The summed E-state index contributed by atoms with van der Waals surface area (Å²) >= 11 is 9.97. The number of benzene rings is 1. The van der Waals surface area contributed by atoms with E-state index in [0.717, 1.165) is 27.9 Å². The molecule has 1 nitrogen and oxygen atoms in total. The van der Waals surface area contributed by atoms with Crippen molar-refractivity contribution in [1.82, 2.24) is 5.32 Å². The maximum absolute atomic E-state index is 6.47. The molecule has 0 radical (unpaired) electrons. The van der Waals surface area contributed by atoms with E-state index in [0.29, 0.717) is 12.0 Å². The summed E-state index contributed by atoms with van der Waals surface area (Å²) in [6, 6.07) is 6.66. The van der Waals surface area contributed by atoms with Gasteiger partial charge in [0, 0.05) is 15.5 Å². The summed E-state index contributed by atoms with van der Waals surface area (Å²) in [4.78, 5) is 0. The average molecular weight is 359 g/mol. The van der Waals surface area contributed by atoms with Gasteiger partial charge in [0.15, 0.2) is 0 Å². The number of rotatable bonds is 4. The predicted octanol–water partition coefficient (Wildman–Crippen LogP) is 5.83. The maximum Gasteiger partial charge on any atom is 0.0465 e. The topological polar surface area (TPSA) is 12.0 Å². The summed E-state index contributed by atoms with van der Waals surface area (Å²) in [6.07, 6.45) is 3.93. The lowest BCUT2D eigenvalue weighted by molar-refractivity contribution is 0.172. The highest BCUT2D eigenvalue weighted by atomic mass is 79.9. The minimum absolute atomic E-state index is 0.385. The van der Waals surface area contributed by atoms with Gasteiger partial charge in [0.25, 0.3) is 0 Å². The zero-order chi connectivity index (χ0) is 14.7. The number of hydrogen-bond donors (Lipinski definition) is 1. The van der Waals surface area contributed by atoms with E-state index in [1.165, 1.54) is 24.8 Å². The zero-order valence-electron chi connectivity index (χ0n) is 12.6. The smallest absolute Gasteiger partial charge is 0.0465 e. The third-order valence-electron chi connectivity index (χ3n) is 4.83. The molecular weight excluding hydrogens is 334 g/mol. The second-order valence-corrected chi connectivity index (χ2v) is 7.55. The molecule has 1 aliphatic rings. The van der Waals surface area contributed by atoms with E-state index in [2.05, 4.69) is 54.2 Å². The van der Waals surface area contributed by atoms with Crippen LogP contribution in [0.1, 0.15) is 51.6 Å². The molecular formula is C17H25BrClN. The third-order valence-corrected chi connectivity index (χ3v) is 5.65. The Morgan fingerprint density at radius 2 is 2.05 bits per heavy atom. The van der Waals surface area contributed by atoms with Gasteiger partial charge < -0.3 is 5.32 Å². The van der Waals surface area contributed by atoms with Crippen LogP contribution in [0.4, 0.5) is 0 Å². The molecule has 4 unspecified atom stereocenters. The van der Waals surface area contributed by atoms with Crippen molar-refractivity contribution in [2.45, 2.75) is 46.1 Å². The third kappa shape index (κ3) is 3.78. The predicted molar refractivity (Wildman–Crippen MR) is 91.2 cm³/mol. The fraction of sp³-hybridized carbons (Fsp3) is 0.647. The van der Waals surface area contributed by atoms with Crippen LogP contribution in [0.15, 0.2) is 22.7 Å². The highest BCUT2D eigenvalue weighted by Gasteiger charge is 2.31. The molecule has 20 heavy (non-hydrogen) atoms. The quantitative estimate of drug-likeness (QED) is 0.714. The van der Waals surface area contributed by atoms with Gasteiger partial charge in [-0.15, -0.1) is 0 Å². The van der Waals surface area contributed by atoms with Crippen molar-refractivity contribution in [3.05, 3.63) is 33.3 Å². The van der Waals surface area contributed by atoms with Crippen LogP contribution in [-0.4, -0.2) is 6.54 Å². The summed E-state index contributed by atoms with van der Waals surface area (Å²) < 4.78 is 1.05. The minimum Gasteiger partial charge on any atom is -0.310 e. The van der Waals surface area contributed by atoms with Gasteiger partial charge in [0.1, 0.15) is 0 Å². The lowest BCUT2D eigenvalue weighted by Crippen LogP contribution is -2.33. The van der Waals surface area contributed by atoms with Crippen LogP contribution in [0.5, 0.6) is 0 Å². The Kier molecular flexibility index (Phi) is 5.95. The van der Waals surface area contributed by atoms with E-state index in [1.807, 2.05) is 6.07 Å². The summed E-state index contributed by atoms with van der Waals surface area (Å²) in [5, 5.41) is 4.54. The normalized spacial score (nSPS) is 28.4. The average Bonchev–Trinajstić information content (AvgIpc) is 2.40. The standard InChI is InChI=1S/C17H25BrClN/c1-4-20-17(13-6-5-11(2)12(3)9-13)15-8-7-14(18)10-16(15)19/h7-8,10-13,17,20H,4-6,9H2,1-3H3. The van der Waals surface area contributed by atoms with E-state index in [4.69, 9.17) is 11.6 Å². The molecule has 0 aromatic heterocycles. The lowest BCUT2D eigenvalue weighted by atomic mass is 9.72. The van der Waals surface area contributed by atoms with Crippen molar-refractivity contribution in [3.63, 3.8) is 0 Å². The van der Waals surface area contributed by atoms with E-state index in [-0.39, 0.29) is 0 Å². The van der Waals surface area contributed by atoms with Crippen LogP contribution in [0, 0.1) is 17.8 Å². The van der Waals surface area contributed by atoms with E-state index >= 15 is 0 Å². The van der Waals surface area contributed by atoms with E-state index in [1.54, 1.807) is 0 Å². The number of hydrogen-bond acceptors (Lipinski definition) is 1. The Morgan fingerprint density at radius 3 is 2.65 bits per heavy atom. The van der Waals surface area contributed by atoms with Crippen LogP contribution in [0.3, 0.4) is 0 Å². The number of halogens is 2. The summed E-state index contributed by atoms with van der Waals surface area (Å²) in [5.41, 5.74) is 1.25. The maximum atomic E-state index is 6.47. The molecule has 112 valence electrons. The van der Waals surface area contributed by atoms with Crippen LogP contribution >= 0.6 is 27.5 Å². The molecule has 3 heteroatoms. The molecule has 0 spiro atoms. The van der Waals surface area contributed by atoms with Crippen molar-refractivity contribution in [1.29, 1.82) is 0 Å². The van der Waals surface area contributed by atoms with Crippen molar-refractivity contribution < 1.29 is 0 Å². The fourth-order valence-electron chi connectivity index (χ4n) is 3.40. The van der Waals surface area contributed by atoms with Gasteiger partial charge in [-0.05, 0) is 54.8 Å². The van der Waals surface area contributed by atoms with Crippen molar-refractivity contribution in [3.8, 4) is 0 Å².